The molecule has 0 radical (unpaired) electrons. The third-order valence-corrected chi connectivity index (χ3v) is 4.28. The molecular formula is C14H27N3O. The lowest BCUT2D eigenvalue weighted by molar-refractivity contribution is -0.123. The summed E-state index contributed by atoms with van der Waals surface area (Å²) in [5, 5.41) is 6.63. The number of hydrogen-bond acceptors (Lipinski definition) is 3. The fourth-order valence-corrected chi connectivity index (χ4v) is 3.14. The molecular weight excluding hydrogens is 226 g/mol. The van der Waals surface area contributed by atoms with E-state index in [0.29, 0.717) is 24.5 Å². The molecule has 1 aliphatic carbocycles. The molecule has 0 aromatic carbocycles. The van der Waals surface area contributed by atoms with E-state index in [1.54, 1.807) is 0 Å². The van der Waals surface area contributed by atoms with Crippen LogP contribution >= 0.6 is 0 Å². The second-order valence-corrected chi connectivity index (χ2v) is 6.03. The highest BCUT2D eigenvalue weighted by Crippen LogP contribution is 2.23. The molecule has 1 saturated carbocycles. The van der Waals surface area contributed by atoms with E-state index >= 15 is 0 Å². The van der Waals surface area contributed by atoms with E-state index < -0.39 is 0 Å². The van der Waals surface area contributed by atoms with Crippen LogP contribution in [0.3, 0.4) is 0 Å². The van der Waals surface area contributed by atoms with Gasteiger partial charge in [-0.05, 0) is 25.7 Å². The van der Waals surface area contributed by atoms with E-state index in [1.165, 1.54) is 19.3 Å². The lowest BCUT2D eigenvalue weighted by Gasteiger charge is -2.33. The van der Waals surface area contributed by atoms with Crippen molar-refractivity contribution in [2.45, 2.75) is 51.6 Å². The van der Waals surface area contributed by atoms with Gasteiger partial charge in [0.25, 0.3) is 0 Å². The first-order chi connectivity index (χ1) is 8.65. The molecule has 0 bridgehead atoms. The first-order valence-electron chi connectivity index (χ1n) is 7.40. The Morgan fingerprint density at radius 3 is 2.83 bits per heavy atom. The van der Waals surface area contributed by atoms with Crippen molar-refractivity contribution in [3.8, 4) is 0 Å². The third-order valence-electron chi connectivity index (χ3n) is 4.28. The second-order valence-electron chi connectivity index (χ2n) is 6.03. The van der Waals surface area contributed by atoms with Crippen molar-refractivity contribution in [1.82, 2.24) is 15.5 Å². The summed E-state index contributed by atoms with van der Waals surface area (Å²) in [6.45, 7) is 7.96. The number of piperazine rings is 1. The Balaban J connectivity index is 1.74. The predicted octanol–water partition coefficient (Wildman–Crippen LogP) is 0.975. The fraction of sp³-hybridized carbons (Fsp3) is 0.929. The molecule has 104 valence electrons. The average molecular weight is 253 g/mol. The van der Waals surface area contributed by atoms with E-state index in [2.05, 4.69) is 29.4 Å². The lowest BCUT2D eigenvalue weighted by Crippen LogP contribution is -2.53. The van der Waals surface area contributed by atoms with Crippen LogP contribution in [-0.2, 0) is 4.79 Å². The van der Waals surface area contributed by atoms with Gasteiger partial charge in [-0.1, -0.05) is 19.8 Å². The second kappa shape index (κ2) is 6.53. The summed E-state index contributed by atoms with van der Waals surface area (Å²) in [5.74, 6) is 0.854. The summed E-state index contributed by atoms with van der Waals surface area (Å²) in [6, 6.07) is 0.909. The van der Waals surface area contributed by atoms with Crippen LogP contribution < -0.4 is 10.6 Å². The van der Waals surface area contributed by atoms with Crippen molar-refractivity contribution in [3.05, 3.63) is 0 Å². The van der Waals surface area contributed by atoms with Crippen LogP contribution in [0.5, 0.6) is 0 Å². The fourth-order valence-electron chi connectivity index (χ4n) is 3.14. The molecule has 4 nitrogen and oxygen atoms in total. The van der Waals surface area contributed by atoms with Gasteiger partial charge in [-0.3, -0.25) is 9.69 Å². The molecule has 0 spiro atoms. The van der Waals surface area contributed by atoms with Crippen LogP contribution in [0.1, 0.15) is 39.5 Å². The molecule has 1 saturated heterocycles. The molecule has 0 aromatic heterocycles. The number of nitrogens with zero attached hydrogens (tertiary/aromatic N) is 1. The molecule has 3 unspecified atom stereocenters. The zero-order valence-electron chi connectivity index (χ0n) is 11.7. The molecule has 18 heavy (non-hydrogen) atoms. The third kappa shape index (κ3) is 3.95. The van der Waals surface area contributed by atoms with Gasteiger partial charge in [0.15, 0.2) is 0 Å². The van der Waals surface area contributed by atoms with Crippen LogP contribution in [0, 0.1) is 5.92 Å². The van der Waals surface area contributed by atoms with Gasteiger partial charge in [-0.15, -0.1) is 0 Å². The highest BCUT2D eigenvalue weighted by atomic mass is 16.2. The lowest BCUT2D eigenvalue weighted by atomic mass is 9.86. The Kier molecular flexibility index (Phi) is 5.01. The van der Waals surface area contributed by atoms with E-state index in [1.807, 2.05) is 0 Å². The van der Waals surface area contributed by atoms with Gasteiger partial charge in [0.1, 0.15) is 0 Å². The summed E-state index contributed by atoms with van der Waals surface area (Å²) in [5.41, 5.74) is 0. The Morgan fingerprint density at radius 1 is 1.33 bits per heavy atom. The highest BCUT2D eigenvalue weighted by Gasteiger charge is 2.24. The molecule has 2 fully saturated rings. The van der Waals surface area contributed by atoms with Gasteiger partial charge in [0, 0.05) is 31.7 Å². The molecule has 2 aliphatic rings. The average Bonchev–Trinajstić information content (AvgIpc) is 2.32. The predicted molar refractivity (Wildman–Crippen MR) is 73.5 cm³/mol. The van der Waals surface area contributed by atoms with Crippen LogP contribution in [0.25, 0.3) is 0 Å². The van der Waals surface area contributed by atoms with Crippen molar-refractivity contribution in [2.24, 2.45) is 5.92 Å². The summed E-state index contributed by atoms with van der Waals surface area (Å²) in [4.78, 5) is 14.3. The zero-order valence-corrected chi connectivity index (χ0v) is 11.7. The van der Waals surface area contributed by atoms with Crippen molar-refractivity contribution in [2.75, 3.05) is 26.2 Å². The number of rotatable bonds is 3. The van der Waals surface area contributed by atoms with Crippen LogP contribution in [-0.4, -0.2) is 49.1 Å². The quantitative estimate of drug-likeness (QED) is 0.788. The largest absolute Gasteiger partial charge is 0.352 e. The van der Waals surface area contributed by atoms with Gasteiger partial charge in [-0.25, -0.2) is 0 Å². The molecule has 3 atom stereocenters. The maximum atomic E-state index is 12.1. The zero-order chi connectivity index (χ0) is 13.0. The summed E-state index contributed by atoms with van der Waals surface area (Å²) in [7, 11) is 0. The topological polar surface area (TPSA) is 44.4 Å². The molecule has 2 rings (SSSR count). The Bertz CT molecular complexity index is 282. The van der Waals surface area contributed by atoms with Crippen molar-refractivity contribution in [3.63, 3.8) is 0 Å². The van der Waals surface area contributed by atoms with Gasteiger partial charge in [0.2, 0.25) is 5.91 Å². The number of carbonyl (C=O) groups excluding carboxylic acids is 1. The first kappa shape index (κ1) is 13.8. The van der Waals surface area contributed by atoms with Crippen molar-refractivity contribution in [1.29, 1.82) is 0 Å². The molecule has 0 aromatic rings. The highest BCUT2D eigenvalue weighted by molar-refractivity contribution is 5.78. The van der Waals surface area contributed by atoms with Crippen LogP contribution in [0.4, 0.5) is 0 Å². The molecule has 4 heteroatoms. The Hall–Kier alpha value is -0.610. The Labute approximate surface area is 110 Å². The standard InChI is InChI=1S/C14H27N3O/c1-11-5-3-4-6-13(11)16-14(18)10-17-8-7-15-12(2)9-17/h11-13,15H,3-10H2,1-2H3,(H,16,18). The summed E-state index contributed by atoms with van der Waals surface area (Å²) in [6.07, 6.45) is 5.00. The van der Waals surface area contributed by atoms with Gasteiger partial charge < -0.3 is 10.6 Å². The van der Waals surface area contributed by atoms with E-state index in [0.717, 1.165) is 26.1 Å². The molecule has 1 heterocycles. The number of hydrogen-bond donors (Lipinski definition) is 2. The van der Waals surface area contributed by atoms with Gasteiger partial charge in [-0.2, -0.15) is 0 Å². The molecule has 1 aliphatic heterocycles. The van der Waals surface area contributed by atoms with Crippen molar-refractivity contribution >= 4 is 5.91 Å². The first-order valence-corrected chi connectivity index (χ1v) is 7.40. The number of carbonyl (C=O) groups is 1. The monoisotopic (exact) mass is 253 g/mol. The maximum absolute atomic E-state index is 12.1. The minimum absolute atomic E-state index is 0.211. The smallest absolute Gasteiger partial charge is 0.234 e. The van der Waals surface area contributed by atoms with Crippen molar-refractivity contribution < 1.29 is 4.79 Å². The van der Waals surface area contributed by atoms with Crippen LogP contribution in [0.2, 0.25) is 0 Å². The molecule has 2 N–H and O–H groups in total. The van der Waals surface area contributed by atoms with Gasteiger partial charge in [0.05, 0.1) is 6.54 Å². The van der Waals surface area contributed by atoms with E-state index in [-0.39, 0.29) is 5.91 Å². The summed E-state index contributed by atoms with van der Waals surface area (Å²) < 4.78 is 0. The molecule has 1 amide bonds. The van der Waals surface area contributed by atoms with Gasteiger partial charge >= 0.3 is 0 Å². The van der Waals surface area contributed by atoms with E-state index in [9.17, 15) is 4.79 Å². The Morgan fingerprint density at radius 2 is 2.11 bits per heavy atom. The minimum Gasteiger partial charge on any atom is -0.352 e. The minimum atomic E-state index is 0.211. The number of amides is 1. The van der Waals surface area contributed by atoms with E-state index in [4.69, 9.17) is 0 Å². The maximum Gasteiger partial charge on any atom is 0.234 e. The summed E-state index contributed by atoms with van der Waals surface area (Å²) >= 11 is 0. The normalized spacial score (nSPS) is 34.2. The SMILES string of the molecule is CC1CN(CC(=O)NC2CCCCC2C)CCN1. The number of nitrogens with one attached hydrogen (secondary N) is 2. The van der Waals surface area contributed by atoms with Crippen LogP contribution in [0.15, 0.2) is 0 Å².